The molecule has 0 spiro atoms. The first-order valence-electron chi connectivity index (χ1n) is 4.58. The summed E-state index contributed by atoms with van der Waals surface area (Å²) in [4.78, 5) is 18.8. The molecular weight excluding hydrogens is 229 g/mol. The van der Waals surface area contributed by atoms with E-state index in [2.05, 4.69) is 25.5 Å². The van der Waals surface area contributed by atoms with Crippen LogP contribution in [0.1, 0.15) is 10.4 Å². The van der Waals surface area contributed by atoms with Crippen molar-refractivity contribution in [2.24, 2.45) is 0 Å². The van der Waals surface area contributed by atoms with Gasteiger partial charge in [0.1, 0.15) is 0 Å². The Bertz CT molecular complexity index is 524. The van der Waals surface area contributed by atoms with E-state index in [-0.39, 0.29) is 17.5 Å². The Morgan fingerprint density at radius 3 is 2.94 bits per heavy atom. The van der Waals surface area contributed by atoms with Crippen molar-refractivity contribution in [1.29, 1.82) is 0 Å². The monoisotopic (exact) mass is 237 g/mol. The van der Waals surface area contributed by atoms with Crippen molar-refractivity contribution in [2.45, 2.75) is 0 Å². The predicted molar refractivity (Wildman–Crippen MR) is 55.1 cm³/mol. The minimum absolute atomic E-state index is 0.109. The Balaban J connectivity index is 2.08. The third kappa shape index (κ3) is 2.54. The molecule has 2 rings (SSSR count). The molecule has 0 unspecified atom stereocenters. The molecule has 2 aromatic rings. The number of hydrogen-bond donors (Lipinski definition) is 2. The molecule has 0 aliphatic rings. The van der Waals surface area contributed by atoms with E-state index in [1.54, 1.807) is 0 Å². The number of pyridine rings is 1. The van der Waals surface area contributed by atoms with Gasteiger partial charge in [-0.2, -0.15) is 9.37 Å². The smallest absolute Gasteiger partial charge is 0.336 e. The van der Waals surface area contributed by atoms with Gasteiger partial charge < -0.3 is 4.74 Å². The van der Waals surface area contributed by atoms with Crippen LogP contribution >= 0.6 is 0 Å². The van der Waals surface area contributed by atoms with Crippen LogP contribution in [0.15, 0.2) is 18.3 Å². The summed E-state index contributed by atoms with van der Waals surface area (Å²) in [5, 5.41) is 8.52. The van der Waals surface area contributed by atoms with E-state index in [0.29, 0.717) is 0 Å². The number of anilines is 1. The van der Waals surface area contributed by atoms with E-state index in [9.17, 15) is 9.18 Å². The number of halogens is 1. The fourth-order valence-electron chi connectivity index (χ4n) is 1.08. The molecule has 0 aliphatic carbocycles. The van der Waals surface area contributed by atoms with Gasteiger partial charge in [0.25, 0.3) is 5.91 Å². The lowest BCUT2D eigenvalue weighted by molar-refractivity contribution is 0.102. The third-order valence-corrected chi connectivity index (χ3v) is 1.87. The zero-order chi connectivity index (χ0) is 12.3. The Morgan fingerprint density at radius 2 is 2.35 bits per heavy atom. The van der Waals surface area contributed by atoms with E-state index in [0.717, 1.165) is 12.3 Å². The molecule has 0 saturated carbocycles. The molecule has 0 atom stereocenters. The van der Waals surface area contributed by atoms with E-state index in [1.165, 1.54) is 13.2 Å². The van der Waals surface area contributed by atoms with Gasteiger partial charge in [-0.05, 0) is 12.1 Å². The van der Waals surface area contributed by atoms with Gasteiger partial charge in [0, 0.05) is 6.20 Å². The maximum absolute atomic E-state index is 12.5. The van der Waals surface area contributed by atoms with Crippen LogP contribution in [0.3, 0.4) is 0 Å². The highest BCUT2D eigenvalue weighted by atomic mass is 19.1. The lowest BCUT2D eigenvalue weighted by Crippen LogP contribution is -2.13. The fraction of sp³-hybridized carbons (Fsp3) is 0.111. The molecule has 2 N–H and O–H groups in total. The van der Waals surface area contributed by atoms with Crippen LogP contribution < -0.4 is 10.1 Å². The van der Waals surface area contributed by atoms with Gasteiger partial charge in [-0.3, -0.25) is 10.1 Å². The number of hydrogen-bond acceptors (Lipinski definition) is 5. The molecule has 0 bridgehead atoms. The third-order valence-electron chi connectivity index (χ3n) is 1.87. The van der Waals surface area contributed by atoms with E-state index in [4.69, 9.17) is 4.74 Å². The predicted octanol–water partition coefficient (Wildman–Crippen LogP) is 0.600. The second-order valence-electron chi connectivity index (χ2n) is 2.99. The molecular formula is C9H8FN5O2. The highest BCUT2D eigenvalue weighted by Gasteiger charge is 2.10. The number of nitrogens with zero attached hydrogens (tertiary/aromatic N) is 3. The maximum atomic E-state index is 12.5. The second kappa shape index (κ2) is 4.56. The van der Waals surface area contributed by atoms with Gasteiger partial charge >= 0.3 is 6.01 Å². The number of H-pyrrole nitrogens is 1. The van der Waals surface area contributed by atoms with Crippen LogP contribution in [0.5, 0.6) is 6.01 Å². The average molecular weight is 237 g/mol. The summed E-state index contributed by atoms with van der Waals surface area (Å²) in [6, 6.07) is 2.51. The topological polar surface area (TPSA) is 92.8 Å². The van der Waals surface area contributed by atoms with Crippen molar-refractivity contribution < 1.29 is 13.9 Å². The van der Waals surface area contributed by atoms with Crippen molar-refractivity contribution in [3.8, 4) is 6.01 Å². The van der Waals surface area contributed by atoms with Crippen LogP contribution in [0.25, 0.3) is 0 Å². The van der Waals surface area contributed by atoms with E-state index >= 15 is 0 Å². The van der Waals surface area contributed by atoms with Crippen LogP contribution in [0.2, 0.25) is 0 Å². The van der Waals surface area contributed by atoms with Gasteiger partial charge in [-0.15, -0.1) is 5.10 Å². The van der Waals surface area contributed by atoms with E-state index < -0.39 is 11.9 Å². The standard InChI is InChI=1S/C9H8FN5O2/c1-17-9-13-8(14-15-9)12-7(16)5-2-3-6(10)11-4-5/h2-4H,1H3,(H2,12,13,14,15,16). The fourth-order valence-corrected chi connectivity index (χ4v) is 1.08. The zero-order valence-corrected chi connectivity index (χ0v) is 8.77. The highest BCUT2D eigenvalue weighted by Crippen LogP contribution is 2.07. The molecule has 0 fully saturated rings. The minimum Gasteiger partial charge on any atom is -0.466 e. The first kappa shape index (κ1) is 11.0. The first-order chi connectivity index (χ1) is 8.19. The molecule has 0 saturated heterocycles. The summed E-state index contributed by atoms with van der Waals surface area (Å²) in [6.45, 7) is 0. The number of ether oxygens (including phenoxy) is 1. The Labute approximate surface area is 95.0 Å². The number of amides is 1. The molecule has 0 radical (unpaired) electrons. The SMILES string of the molecule is COc1n[nH]c(NC(=O)c2ccc(F)nc2)n1. The second-order valence-corrected chi connectivity index (χ2v) is 2.99. The molecule has 2 aromatic heterocycles. The summed E-state index contributed by atoms with van der Waals surface area (Å²) in [6.07, 6.45) is 1.12. The number of nitrogens with one attached hydrogen (secondary N) is 2. The summed E-state index contributed by atoms with van der Waals surface area (Å²) >= 11 is 0. The Morgan fingerprint density at radius 1 is 1.53 bits per heavy atom. The molecule has 7 nitrogen and oxygen atoms in total. The van der Waals surface area contributed by atoms with Crippen molar-refractivity contribution in [2.75, 3.05) is 12.4 Å². The summed E-state index contributed by atoms with van der Waals surface area (Å²) in [7, 11) is 1.40. The number of carbonyl (C=O) groups is 1. The molecule has 0 aromatic carbocycles. The van der Waals surface area contributed by atoms with Gasteiger partial charge in [0.05, 0.1) is 12.7 Å². The average Bonchev–Trinajstić information content (AvgIpc) is 2.77. The normalized spacial score (nSPS) is 10.0. The number of methoxy groups -OCH3 is 1. The quantitative estimate of drug-likeness (QED) is 0.762. The Hall–Kier alpha value is -2.51. The zero-order valence-electron chi connectivity index (χ0n) is 8.77. The summed E-state index contributed by atoms with van der Waals surface area (Å²) in [5.74, 6) is -0.990. The first-order valence-corrected chi connectivity index (χ1v) is 4.58. The van der Waals surface area contributed by atoms with Crippen LogP contribution in [-0.4, -0.2) is 33.2 Å². The largest absolute Gasteiger partial charge is 0.466 e. The molecule has 17 heavy (non-hydrogen) atoms. The van der Waals surface area contributed by atoms with E-state index in [1.807, 2.05) is 0 Å². The molecule has 2 heterocycles. The molecule has 0 aliphatic heterocycles. The minimum atomic E-state index is -0.650. The molecule has 8 heteroatoms. The van der Waals surface area contributed by atoms with Gasteiger partial charge in [0.2, 0.25) is 11.9 Å². The lowest BCUT2D eigenvalue weighted by Gasteiger charge is -1.99. The number of aromatic amines is 1. The summed E-state index contributed by atoms with van der Waals surface area (Å²) in [5.41, 5.74) is 0.210. The van der Waals surface area contributed by atoms with Gasteiger partial charge in [-0.25, -0.2) is 10.1 Å². The van der Waals surface area contributed by atoms with Gasteiger partial charge in [-0.1, -0.05) is 0 Å². The Kier molecular flexibility index (Phi) is 2.95. The van der Waals surface area contributed by atoms with Crippen LogP contribution in [-0.2, 0) is 0 Å². The molecule has 88 valence electrons. The van der Waals surface area contributed by atoms with Crippen molar-refractivity contribution >= 4 is 11.9 Å². The van der Waals surface area contributed by atoms with Crippen molar-refractivity contribution in [3.05, 3.63) is 29.8 Å². The number of carbonyl (C=O) groups excluding carboxylic acids is 1. The van der Waals surface area contributed by atoms with Crippen LogP contribution in [0, 0.1) is 5.95 Å². The molecule has 1 amide bonds. The lowest BCUT2D eigenvalue weighted by atomic mass is 10.3. The van der Waals surface area contributed by atoms with Crippen LogP contribution in [0.4, 0.5) is 10.3 Å². The van der Waals surface area contributed by atoms with Gasteiger partial charge in [0.15, 0.2) is 0 Å². The highest BCUT2D eigenvalue weighted by molar-refractivity contribution is 6.03. The van der Waals surface area contributed by atoms with Crippen molar-refractivity contribution in [3.63, 3.8) is 0 Å². The van der Waals surface area contributed by atoms with Crippen molar-refractivity contribution in [1.82, 2.24) is 20.2 Å². The number of rotatable bonds is 3. The maximum Gasteiger partial charge on any atom is 0.336 e. The summed E-state index contributed by atoms with van der Waals surface area (Å²) < 4.78 is 17.3. The number of aromatic nitrogens is 4.